The Labute approximate surface area is 190 Å². The van der Waals surface area contributed by atoms with Gasteiger partial charge in [-0.05, 0) is 69.4 Å². The maximum atomic E-state index is 12.4. The van der Waals surface area contributed by atoms with Crippen molar-refractivity contribution in [3.63, 3.8) is 0 Å². The molecular weight excluding hydrogens is 417 g/mol. The lowest BCUT2D eigenvalue weighted by atomic mass is 9.83. The summed E-state index contributed by atoms with van der Waals surface area (Å²) in [6.07, 6.45) is 15.2. The number of halogens is 2. The Balaban J connectivity index is 0.000000317. The van der Waals surface area contributed by atoms with Gasteiger partial charge in [-0.25, -0.2) is 9.37 Å². The quantitative estimate of drug-likeness (QED) is 0.277. The molecule has 1 fully saturated rings. The number of hydrogen-bond acceptors (Lipinski definition) is 4. The van der Waals surface area contributed by atoms with Gasteiger partial charge in [-0.15, -0.1) is 0 Å². The standard InChI is InChI=1S/C16H24O2.C7H5ClFNO.C2H6/c1-13-8-10-15(11-9-13)16(17)18-12-14-6-4-2-3-5-7-14;1-4(11)6-2-5(9)3-10-7(6)8;1-2/h4,6-7,13,15H,2-3,5,8-12H2,1H3;2-3H,1H3;1-2H3. The lowest BCUT2D eigenvalue weighted by molar-refractivity contribution is -0.148. The van der Waals surface area contributed by atoms with E-state index in [1.807, 2.05) is 13.8 Å². The Bertz CT molecular complexity index is 768. The number of Topliss-reactive ketones (excluding diaryl/α,β-unsaturated/α-hetero) is 1. The van der Waals surface area contributed by atoms with Gasteiger partial charge in [-0.3, -0.25) is 9.59 Å². The second kappa shape index (κ2) is 14.9. The van der Waals surface area contributed by atoms with E-state index in [1.54, 1.807) is 0 Å². The summed E-state index contributed by atoms with van der Waals surface area (Å²) in [5.74, 6) is 0.0974. The van der Waals surface area contributed by atoms with Crippen LogP contribution in [0.2, 0.25) is 5.15 Å². The van der Waals surface area contributed by atoms with Gasteiger partial charge in [-0.1, -0.05) is 50.6 Å². The van der Waals surface area contributed by atoms with E-state index in [9.17, 15) is 14.0 Å². The maximum Gasteiger partial charge on any atom is 0.309 e. The minimum Gasteiger partial charge on any atom is -0.461 e. The first-order chi connectivity index (χ1) is 14.9. The first-order valence-corrected chi connectivity index (χ1v) is 11.6. The summed E-state index contributed by atoms with van der Waals surface area (Å²) in [5, 5.41) is 0.0406. The molecule has 3 rings (SSSR count). The fraction of sp³-hybridized carbons (Fsp3) is 0.560. The summed E-state index contributed by atoms with van der Waals surface area (Å²) >= 11 is 5.49. The van der Waals surface area contributed by atoms with Crippen molar-refractivity contribution in [2.75, 3.05) is 6.61 Å². The second-order valence-electron chi connectivity index (χ2n) is 7.72. The van der Waals surface area contributed by atoms with Crippen LogP contribution in [-0.2, 0) is 9.53 Å². The smallest absolute Gasteiger partial charge is 0.309 e. The fourth-order valence-corrected chi connectivity index (χ4v) is 3.61. The van der Waals surface area contributed by atoms with Crippen LogP contribution in [0.1, 0.15) is 83.0 Å². The summed E-state index contributed by atoms with van der Waals surface area (Å²) in [6.45, 7) is 8.03. The van der Waals surface area contributed by atoms with Crippen molar-refractivity contribution in [3.8, 4) is 0 Å². The summed E-state index contributed by atoms with van der Waals surface area (Å²) in [5.41, 5.74) is 1.27. The van der Waals surface area contributed by atoms with Crippen molar-refractivity contribution in [1.29, 1.82) is 0 Å². The van der Waals surface area contributed by atoms with Crippen LogP contribution in [0, 0.1) is 17.7 Å². The molecule has 2 aliphatic rings. The first kappa shape index (κ1) is 27.0. The van der Waals surface area contributed by atoms with Gasteiger partial charge in [-0.2, -0.15) is 0 Å². The van der Waals surface area contributed by atoms with Crippen LogP contribution in [0.5, 0.6) is 0 Å². The molecule has 0 N–H and O–H groups in total. The minimum absolute atomic E-state index is 0.0143. The van der Waals surface area contributed by atoms with Crippen molar-refractivity contribution in [2.45, 2.75) is 72.6 Å². The third-order valence-corrected chi connectivity index (χ3v) is 5.53. The number of carbonyl (C=O) groups excluding carboxylic acids is 2. The largest absolute Gasteiger partial charge is 0.461 e. The van der Waals surface area contributed by atoms with E-state index in [4.69, 9.17) is 16.3 Å². The molecule has 172 valence electrons. The Morgan fingerprint density at radius 3 is 2.48 bits per heavy atom. The molecule has 31 heavy (non-hydrogen) atoms. The number of ketones is 1. The van der Waals surface area contributed by atoms with Gasteiger partial charge in [0.1, 0.15) is 17.6 Å². The van der Waals surface area contributed by atoms with Gasteiger partial charge >= 0.3 is 5.97 Å². The number of allylic oxidation sites excluding steroid dienone is 2. The highest BCUT2D eigenvalue weighted by Crippen LogP contribution is 2.29. The summed E-state index contributed by atoms with van der Waals surface area (Å²) in [7, 11) is 0. The monoisotopic (exact) mass is 451 g/mol. The number of carbonyl (C=O) groups is 2. The van der Waals surface area contributed by atoms with Crippen LogP contribution in [0.4, 0.5) is 4.39 Å². The van der Waals surface area contributed by atoms with E-state index >= 15 is 0 Å². The Hall–Kier alpha value is -2.01. The molecular formula is C25H35ClFNO3. The van der Waals surface area contributed by atoms with Gasteiger partial charge < -0.3 is 4.74 Å². The predicted octanol–water partition coefficient (Wildman–Crippen LogP) is 7.13. The molecule has 0 aromatic carbocycles. The summed E-state index contributed by atoms with van der Waals surface area (Å²) < 4.78 is 17.9. The number of ether oxygens (including phenoxy) is 1. The molecule has 0 amide bonds. The van der Waals surface area contributed by atoms with Crippen molar-refractivity contribution >= 4 is 23.4 Å². The third-order valence-electron chi connectivity index (χ3n) is 5.23. The fourth-order valence-electron chi connectivity index (χ4n) is 3.37. The maximum absolute atomic E-state index is 12.4. The van der Waals surface area contributed by atoms with E-state index in [1.165, 1.54) is 26.2 Å². The van der Waals surface area contributed by atoms with Crippen molar-refractivity contribution in [2.24, 2.45) is 11.8 Å². The Morgan fingerprint density at radius 2 is 1.87 bits per heavy atom. The zero-order valence-electron chi connectivity index (χ0n) is 19.1. The predicted molar refractivity (Wildman–Crippen MR) is 124 cm³/mol. The van der Waals surface area contributed by atoms with E-state index in [0.29, 0.717) is 6.61 Å². The van der Waals surface area contributed by atoms with Gasteiger partial charge in [0.2, 0.25) is 0 Å². The van der Waals surface area contributed by atoms with Gasteiger partial charge in [0.05, 0.1) is 17.7 Å². The lowest BCUT2D eigenvalue weighted by Crippen LogP contribution is -2.23. The molecule has 1 aromatic heterocycles. The van der Waals surface area contributed by atoms with Crippen LogP contribution in [0.3, 0.4) is 0 Å². The molecule has 0 atom stereocenters. The molecule has 1 saturated carbocycles. The van der Waals surface area contributed by atoms with Gasteiger partial charge in [0.25, 0.3) is 0 Å². The SMILES string of the molecule is CC.CC(=O)c1cc(F)cnc1Cl.CC1CCC(C(=O)OCC2=CCCCC=C2)CC1. The number of rotatable bonds is 4. The third kappa shape index (κ3) is 10.2. The highest BCUT2D eigenvalue weighted by atomic mass is 35.5. The number of esters is 1. The number of pyridine rings is 1. The molecule has 0 radical (unpaired) electrons. The molecule has 0 bridgehead atoms. The van der Waals surface area contributed by atoms with Crippen molar-refractivity contribution < 1.29 is 18.7 Å². The van der Waals surface area contributed by atoms with Crippen molar-refractivity contribution in [1.82, 2.24) is 4.98 Å². The summed E-state index contributed by atoms with van der Waals surface area (Å²) in [6, 6.07) is 1.07. The lowest BCUT2D eigenvalue weighted by Gasteiger charge is -2.24. The molecule has 1 aromatic rings. The average Bonchev–Trinajstić information content (AvgIpc) is 3.05. The van der Waals surface area contributed by atoms with Crippen LogP contribution in [-0.4, -0.2) is 23.3 Å². The van der Waals surface area contributed by atoms with Crippen LogP contribution in [0.15, 0.2) is 36.1 Å². The Morgan fingerprint density at radius 1 is 1.19 bits per heavy atom. The molecule has 2 aliphatic carbocycles. The molecule has 0 aliphatic heterocycles. The van der Waals surface area contributed by atoms with E-state index in [0.717, 1.165) is 49.4 Å². The molecule has 1 heterocycles. The zero-order valence-corrected chi connectivity index (χ0v) is 19.9. The zero-order chi connectivity index (χ0) is 23.2. The molecule has 0 saturated heterocycles. The second-order valence-corrected chi connectivity index (χ2v) is 8.08. The molecule has 0 unspecified atom stereocenters. The number of aromatic nitrogens is 1. The van der Waals surface area contributed by atoms with Crippen LogP contribution < -0.4 is 0 Å². The van der Waals surface area contributed by atoms with E-state index < -0.39 is 5.82 Å². The van der Waals surface area contributed by atoms with Crippen LogP contribution in [0.25, 0.3) is 0 Å². The average molecular weight is 452 g/mol. The van der Waals surface area contributed by atoms with Gasteiger partial charge in [0, 0.05) is 0 Å². The van der Waals surface area contributed by atoms with Gasteiger partial charge in [0.15, 0.2) is 5.78 Å². The highest BCUT2D eigenvalue weighted by molar-refractivity contribution is 6.32. The number of nitrogens with zero attached hydrogens (tertiary/aromatic N) is 1. The Kier molecular flexibility index (Phi) is 13.0. The molecule has 0 spiro atoms. The minimum atomic E-state index is -0.556. The van der Waals surface area contributed by atoms with E-state index in [2.05, 4.69) is 30.1 Å². The topological polar surface area (TPSA) is 56.3 Å². The first-order valence-electron chi connectivity index (χ1n) is 11.2. The summed E-state index contributed by atoms with van der Waals surface area (Å²) in [4.78, 5) is 26.2. The highest BCUT2D eigenvalue weighted by Gasteiger charge is 2.25. The van der Waals surface area contributed by atoms with E-state index in [-0.39, 0.29) is 28.4 Å². The normalized spacial score (nSPS) is 20.1. The number of hydrogen-bond donors (Lipinski definition) is 0. The van der Waals surface area contributed by atoms with Crippen LogP contribution >= 0.6 is 11.6 Å². The molecule has 4 nitrogen and oxygen atoms in total. The van der Waals surface area contributed by atoms with Crippen molar-refractivity contribution in [3.05, 3.63) is 52.6 Å². The molecule has 6 heteroatoms.